The van der Waals surface area contributed by atoms with Crippen molar-refractivity contribution in [2.75, 3.05) is 6.61 Å². The van der Waals surface area contributed by atoms with Gasteiger partial charge >= 0.3 is 5.97 Å². The van der Waals surface area contributed by atoms with Crippen molar-refractivity contribution >= 4 is 79.7 Å². The molecule has 0 aliphatic carbocycles. The molecular weight excluding hydrogens is 668 g/mol. The summed E-state index contributed by atoms with van der Waals surface area (Å²) in [6.45, 7) is 4.59. The zero-order chi connectivity index (χ0) is 25.1. The van der Waals surface area contributed by atoms with Crippen LogP contribution < -0.4 is 9.47 Å². The van der Waals surface area contributed by atoms with Crippen molar-refractivity contribution in [2.45, 2.75) is 20.5 Å². The third kappa shape index (κ3) is 6.20. The van der Waals surface area contributed by atoms with Crippen LogP contribution in [0, 0.1) is 10.5 Å². The maximum atomic E-state index is 12.5. The van der Waals surface area contributed by atoms with E-state index in [0.717, 1.165) is 20.3 Å². The van der Waals surface area contributed by atoms with Crippen LogP contribution >= 0.6 is 61.7 Å². The molecular formula is C26H19BrCl2INO4. The van der Waals surface area contributed by atoms with Gasteiger partial charge in [0.15, 0.2) is 17.2 Å². The number of esters is 1. The van der Waals surface area contributed by atoms with Crippen molar-refractivity contribution in [1.82, 2.24) is 0 Å². The minimum absolute atomic E-state index is 0.204. The summed E-state index contributed by atoms with van der Waals surface area (Å²) in [5.74, 6) is 0.835. The Balaban J connectivity index is 1.61. The van der Waals surface area contributed by atoms with Crippen LogP contribution in [-0.2, 0) is 16.1 Å². The summed E-state index contributed by atoms with van der Waals surface area (Å²) in [5.41, 5.74) is 3.61. The second kappa shape index (κ2) is 11.3. The van der Waals surface area contributed by atoms with Gasteiger partial charge in [-0.25, -0.2) is 9.79 Å². The molecule has 0 radical (unpaired) electrons. The fourth-order valence-corrected chi connectivity index (χ4v) is 4.56. The van der Waals surface area contributed by atoms with Crippen LogP contribution in [0.25, 0.3) is 6.08 Å². The number of carbonyl (C=O) groups excluding carboxylic acids is 1. The Hall–Kier alpha value is -2.07. The fraction of sp³-hybridized carbons (Fsp3) is 0.154. The molecule has 4 rings (SSSR count). The molecule has 9 heteroatoms. The molecule has 1 aliphatic heterocycles. The van der Waals surface area contributed by atoms with Crippen molar-refractivity contribution in [3.8, 4) is 11.5 Å². The summed E-state index contributed by atoms with van der Waals surface area (Å²) in [6, 6.07) is 14.7. The lowest BCUT2D eigenvalue weighted by Gasteiger charge is -2.15. The number of aryl methyl sites for hydroxylation is 1. The van der Waals surface area contributed by atoms with Gasteiger partial charge in [0.05, 0.1) is 21.1 Å². The van der Waals surface area contributed by atoms with Crippen molar-refractivity contribution in [1.29, 1.82) is 0 Å². The lowest BCUT2D eigenvalue weighted by atomic mass is 10.1. The number of cyclic esters (lactones) is 1. The van der Waals surface area contributed by atoms with Gasteiger partial charge in [0, 0.05) is 9.13 Å². The van der Waals surface area contributed by atoms with E-state index in [-0.39, 0.29) is 18.2 Å². The van der Waals surface area contributed by atoms with Crippen molar-refractivity contribution < 1.29 is 19.0 Å². The Morgan fingerprint density at radius 2 is 1.89 bits per heavy atom. The second-order valence-electron chi connectivity index (χ2n) is 7.60. The lowest BCUT2D eigenvalue weighted by Crippen LogP contribution is -2.05. The summed E-state index contributed by atoms with van der Waals surface area (Å²) in [4.78, 5) is 16.9. The smallest absolute Gasteiger partial charge is 0.363 e. The van der Waals surface area contributed by atoms with Crippen molar-refractivity contribution in [3.63, 3.8) is 0 Å². The van der Waals surface area contributed by atoms with Gasteiger partial charge in [-0.05, 0) is 118 Å². The summed E-state index contributed by atoms with van der Waals surface area (Å²) in [5, 5.41) is 0.944. The molecule has 3 aromatic carbocycles. The highest BCUT2D eigenvalue weighted by Crippen LogP contribution is 2.38. The van der Waals surface area contributed by atoms with Gasteiger partial charge in [-0.3, -0.25) is 0 Å². The van der Waals surface area contributed by atoms with E-state index in [1.165, 1.54) is 0 Å². The molecule has 0 N–H and O–H groups in total. The van der Waals surface area contributed by atoms with Gasteiger partial charge in [-0.2, -0.15) is 0 Å². The molecule has 35 heavy (non-hydrogen) atoms. The van der Waals surface area contributed by atoms with Crippen molar-refractivity contribution in [2.24, 2.45) is 4.99 Å². The molecule has 180 valence electrons. The molecule has 0 saturated carbocycles. The van der Waals surface area contributed by atoms with Crippen LogP contribution in [0.15, 0.2) is 63.7 Å². The van der Waals surface area contributed by atoms with Gasteiger partial charge < -0.3 is 14.2 Å². The molecule has 0 unspecified atom stereocenters. The molecule has 0 aromatic heterocycles. The fourth-order valence-electron chi connectivity index (χ4n) is 3.33. The molecule has 0 spiro atoms. The highest BCUT2D eigenvalue weighted by Gasteiger charge is 2.25. The van der Waals surface area contributed by atoms with Crippen LogP contribution in [0.3, 0.4) is 0 Å². The third-order valence-electron chi connectivity index (χ3n) is 5.03. The average molecular weight is 687 g/mol. The predicted molar refractivity (Wildman–Crippen MR) is 151 cm³/mol. The summed E-state index contributed by atoms with van der Waals surface area (Å²) < 4.78 is 19.1. The normalized spacial score (nSPS) is 14.2. The number of nitrogens with zero attached hydrogens (tertiary/aromatic N) is 1. The van der Waals surface area contributed by atoms with Gasteiger partial charge in [-0.15, -0.1) is 0 Å². The summed E-state index contributed by atoms with van der Waals surface area (Å²) in [7, 11) is 0. The number of halogens is 4. The first kappa shape index (κ1) is 26.0. The molecule has 5 nitrogen and oxygen atoms in total. The minimum atomic E-state index is -0.509. The highest BCUT2D eigenvalue weighted by molar-refractivity contribution is 14.1. The Kier molecular flexibility index (Phi) is 8.42. The molecule has 1 heterocycles. The number of ether oxygens (including phenoxy) is 3. The topological polar surface area (TPSA) is 57.1 Å². The standard InChI is InChI=1S/C26H19BrCl2INO4/c1-3-33-23-12-16(9-18(27)24(23)34-13-15-4-6-19(28)20(29)10-15)11-22-26(32)35-25(31-22)17-5-7-21(30)14(2)8-17/h4-12H,3,13H2,1-2H3/b22-11-. The zero-order valence-corrected chi connectivity index (χ0v) is 24.0. The van der Waals surface area contributed by atoms with E-state index in [2.05, 4.69) is 43.5 Å². The Morgan fingerprint density at radius 1 is 1.09 bits per heavy atom. The van der Waals surface area contributed by atoms with E-state index < -0.39 is 5.97 Å². The van der Waals surface area contributed by atoms with E-state index >= 15 is 0 Å². The SMILES string of the molecule is CCOc1cc(/C=C2\N=C(c3ccc(I)c(C)c3)OC2=O)cc(Br)c1OCc1ccc(Cl)c(Cl)c1. The van der Waals surface area contributed by atoms with Crippen LogP contribution in [0.2, 0.25) is 10.0 Å². The van der Waals surface area contributed by atoms with Crippen LogP contribution in [0.4, 0.5) is 0 Å². The summed E-state index contributed by atoms with van der Waals surface area (Å²) >= 11 is 17.9. The third-order valence-corrected chi connectivity index (χ3v) is 7.57. The first-order chi connectivity index (χ1) is 16.7. The van der Waals surface area contributed by atoms with Gasteiger partial charge in [0.1, 0.15) is 6.61 Å². The largest absolute Gasteiger partial charge is 0.490 e. The Morgan fingerprint density at radius 3 is 2.60 bits per heavy atom. The molecule has 0 saturated heterocycles. The number of hydrogen-bond acceptors (Lipinski definition) is 5. The molecule has 1 aliphatic rings. The van der Waals surface area contributed by atoms with Gasteiger partial charge in [-0.1, -0.05) is 29.3 Å². The Labute approximate surface area is 235 Å². The zero-order valence-electron chi connectivity index (χ0n) is 18.7. The lowest BCUT2D eigenvalue weighted by molar-refractivity contribution is -0.129. The highest BCUT2D eigenvalue weighted by atomic mass is 127. The number of rotatable bonds is 7. The van der Waals surface area contributed by atoms with E-state index in [9.17, 15) is 4.79 Å². The predicted octanol–water partition coefficient (Wildman–Crippen LogP) is 7.99. The first-order valence-electron chi connectivity index (χ1n) is 10.6. The number of benzene rings is 3. The van der Waals surface area contributed by atoms with E-state index in [1.54, 1.807) is 24.3 Å². The van der Waals surface area contributed by atoms with Gasteiger partial charge in [0.25, 0.3) is 0 Å². The maximum absolute atomic E-state index is 12.5. The van der Waals surface area contributed by atoms with E-state index in [4.69, 9.17) is 37.4 Å². The number of aliphatic imine (C=N–C) groups is 1. The monoisotopic (exact) mass is 685 g/mol. The number of hydrogen-bond donors (Lipinski definition) is 0. The van der Waals surface area contributed by atoms with Crippen LogP contribution in [-0.4, -0.2) is 18.5 Å². The Bertz CT molecular complexity index is 1370. The molecule has 0 amide bonds. The van der Waals surface area contributed by atoms with Gasteiger partial charge in [0.2, 0.25) is 5.90 Å². The van der Waals surface area contributed by atoms with E-state index in [0.29, 0.717) is 38.2 Å². The number of carbonyl (C=O) groups is 1. The first-order valence-corrected chi connectivity index (χ1v) is 13.2. The van der Waals surface area contributed by atoms with Crippen LogP contribution in [0.1, 0.15) is 29.2 Å². The molecule has 0 atom stereocenters. The molecule has 3 aromatic rings. The van der Waals surface area contributed by atoms with Crippen LogP contribution in [0.5, 0.6) is 11.5 Å². The minimum Gasteiger partial charge on any atom is -0.490 e. The maximum Gasteiger partial charge on any atom is 0.363 e. The van der Waals surface area contributed by atoms with E-state index in [1.807, 2.05) is 44.2 Å². The summed E-state index contributed by atoms with van der Waals surface area (Å²) in [6.07, 6.45) is 1.66. The molecule has 0 fully saturated rings. The second-order valence-corrected chi connectivity index (χ2v) is 10.4. The van der Waals surface area contributed by atoms with Crippen molar-refractivity contribution in [3.05, 3.63) is 94.6 Å². The molecule has 0 bridgehead atoms. The average Bonchev–Trinajstić information content (AvgIpc) is 3.17. The quantitative estimate of drug-likeness (QED) is 0.144.